The molecule has 2 rings (SSSR count). The molecule has 0 saturated heterocycles. The van der Waals surface area contributed by atoms with Crippen molar-refractivity contribution in [1.29, 1.82) is 0 Å². The van der Waals surface area contributed by atoms with Gasteiger partial charge in [0.1, 0.15) is 12.6 Å². The van der Waals surface area contributed by atoms with Crippen LogP contribution in [0, 0.1) is 5.92 Å². The molecular formula is C23H29BrClN3O4S. The fourth-order valence-corrected chi connectivity index (χ4v) is 4.71. The average Bonchev–Trinajstić information content (AvgIpc) is 2.73. The van der Waals surface area contributed by atoms with E-state index in [1.54, 1.807) is 25.1 Å². The van der Waals surface area contributed by atoms with Crippen LogP contribution in [0.15, 0.2) is 53.0 Å². The largest absolute Gasteiger partial charge is 0.354 e. The third-order valence-electron chi connectivity index (χ3n) is 4.89. The molecular weight excluding hydrogens is 530 g/mol. The highest BCUT2D eigenvalue weighted by Crippen LogP contribution is 2.27. The molecule has 2 aromatic rings. The number of nitrogens with one attached hydrogen (secondary N) is 1. The van der Waals surface area contributed by atoms with E-state index in [1.807, 2.05) is 38.1 Å². The standard InChI is InChI=1S/C23H29BrClN3O4S/c1-16(2)13-26-23(30)17(3)27(14-18-8-7-9-19(24)12-18)22(29)15-28(33(4,31)32)21-11-6-5-10-20(21)25/h5-12,16-17H,13-15H2,1-4H3,(H,26,30). The summed E-state index contributed by atoms with van der Waals surface area (Å²) < 4.78 is 26.9. The average molecular weight is 559 g/mol. The number of carbonyl (C=O) groups excluding carboxylic acids is 2. The predicted octanol–water partition coefficient (Wildman–Crippen LogP) is 4.06. The van der Waals surface area contributed by atoms with Crippen molar-refractivity contribution < 1.29 is 18.0 Å². The van der Waals surface area contributed by atoms with Crippen LogP contribution in [0.5, 0.6) is 0 Å². The number of benzene rings is 2. The van der Waals surface area contributed by atoms with Crippen molar-refractivity contribution in [2.45, 2.75) is 33.4 Å². The molecule has 0 bridgehead atoms. The fraction of sp³-hybridized carbons (Fsp3) is 0.391. The Morgan fingerprint density at radius 1 is 1.09 bits per heavy atom. The van der Waals surface area contributed by atoms with Crippen LogP contribution in [-0.4, -0.2) is 50.5 Å². The van der Waals surface area contributed by atoms with Crippen LogP contribution in [0.25, 0.3) is 0 Å². The van der Waals surface area contributed by atoms with E-state index in [2.05, 4.69) is 21.2 Å². The summed E-state index contributed by atoms with van der Waals surface area (Å²) in [6, 6.07) is 13.0. The minimum Gasteiger partial charge on any atom is -0.354 e. The lowest BCUT2D eigenvalue weighted by atomic mass is 10.1. The molecule has 1 atom stereocenters. The van der Waals surface area contributed by atoms with Crippen LogP contribution in [0.2, 0.25) is 5.02 Å². The van der Waals surface area contributed by atoms with Gasteiger partial charge in [0.15, 0.2) is 0 Å². The van der Waals surface area contributed by atoms with Gasteiger partial charge in [0, 0.05) is 17.6 Å². The summed E-state index contributed by atoms with van der Waals surface area (Å²) in [4.78, 5) is 27.6. The molecule has 2 aromatic carbocycles. The van der Waals surface area contributed by atoms with E-state index in [1.165, 1.54) is 11.0 Å². The zero-order valence-corrected chi connectivity index (χ0v) is 22.2. The van der Waals surface area contributed by atoms with Crippen LogP contribution in [0.1, 0.15) is 26.3 Å². The van der Waals surface area contributed by atoms with E-state index in [0.29, 0.717) is 6.54 Å². The number of sulfonamides is 1. The highest BCUT2D eigenvalue weighted by molar-refractivity contribution is 9.10. The number of hydrogen-bond acceptors (Lipinski definition) is 4. The minimum atomic E-state index is -3.82. The Morgan fingerprint density at radius 3 is 2.33 bits per heavy atom. The molecule has 1 N–H and O–H groups in total. The van der Waals surface area contributed by atoms with Gasteiger partial charge in [-0.3, -0.25) is 13.9 Å². The topological polar surface area (TPSA) is 86.8 Å². The first-order valence-electron chi connectivity index (χ1n) is 10.4. The van der Waals surface area contributed by atoms with Crippen LogP contribution in [-0.2, 0) is 26.2 Å². The van der Waals surface area contributed by atoms with Crippen molar-refractivity contribution in [3.05, 3.63) is 63.6 Å². The molecule has 180 valence electrons. The second-order valence-corrected chi connectivity index (χ2v) is 11.4. The molecule has 0 saturated carbocycles. The first-order chi connectivity index (χ1) is 15.4. The van der Waals surface area contributed by atoms with Crippen molar-refractivity contribution in [2.24, 2.45) is 5.92 Å². The molecule has 1 unspecified atom stereocenters. The van der Waals surface area contributed by atoms with E-state index < -0.39 is 28.5 Å². The third-order valence-corrected chi connectivity index (χ3v) is 6.83. The van der Waals surface area contributed by atoms with E-state index in [-0.39, 0.29) is 29.1 Å². The van der Waals surface area contributed by atoms with Crippen molar-refractivity contribution in [2.75, 3.05) is 23.7 Å². The quantitative estimate of drug-likeness (QED) is 0.477. The molecule has 0 aliphatic heterocycles. The van der Waals surface area contributed by atoms with Gasteiger partial charge in [-0.2, -0.15) is 0 Å². The first kappa shape index (κ1) is 27.1. The van der Waals surface area contributed by atoms with Gasteiger partial charge in [-0.15, -0.1) is 0 Å². The third kappa shape index (κ3) is 8.01. The predicted molar refractivity (Wildman–Crippen MR) is 136 cm³/mol. The molecule has 0 radical (unpaired) electrons. The molecule has 0 aromatic heterocycles. The van der Waals surface area contributed by atoms with Crippen LogP contribution < -0.4 is 9.62 Å². The highest BCUT2D eigenvalue weighted by Gasteiger charge is 2.30. The molecule has 0 heterocycles. The number of rotatable bonds is 10. The Kier molecular flexibility index (Phi) is 9.75. The number of carbonyl (C=O) groups is 2. The maximum atomic E-state index is 13.4. The SMILES string of the molecule is CC(C)CNC(=O)C(C)N(Cc1cccc(Br)c1)C(=O)CN(c1ccccc1Cl)S(C)(=O)=O. The van der Waals surface area contributed by atoms with Crippen LogP contribution >= 0.6 is 27.5 Å². The summed E-state index contributed by atoms with van der Waals surface area (Å²) in [5.41, 5.74) is 0.999. The number of halogens is 2. The van der Waals surface area contributed by atoms with Gasteiger partial charge in [-0.05, 0) is 42.7 Å². The second-order valence-electron chi connectivity index (χ2n) is 8.19. The Bertz CT molecular complexity index is 1090. The number of nitrogens with zero attached hydrogens (tertiary/aromatic N) is 2. The zero-order valence-electron chi connectivity index (χ0n) is 19.1. The number of para-hydroxylation sites is 1. The van der Waals surface area contributed by atoms with Gasteiger partial charge in [0.2, 0.25) is 21.8 Å². The lowest BCUT2D eigenvalue weighted by Gasteiger charge is -2.32. The van der Waals surface area contributed by atoms with Gasteiger partial charge in [-0.1, -0.05) is 65.6 Å². The van der Waals surface area contributed by atoms with Gasteiger partial charge in [0.05, 0.1) is 17.0 Å². The molecule has 0 aliphatic rings. The Hall–Kier alpha value is -2.10. The van der Waals surface area contributed by atoms with Gasteiger partial charge >= 0.3 is 0 Å². The monoisotopic (exact) mass is 557 g/mol. The van der Waals surface area contributed by atoms with Gasteiger partial charge in [-0.25, -0.2) is 8.42 Å². The maximum absolute atomic E-state index is 13.4. The summed E-state index contributed by atoms with van der Waals surface area (Å²) in [5, 5.41) is 3.05. The van der Waals surface area contributed by atoms with E-state index in [4.69, 9.17) is 11.6 Å². The van der Waals surface area contributed by atoms with Crippen LogP contribution in [0.4, 0.5) is 5.69 Å². The Balaban J connectivity index is 2.38. The number of anilines is 1. The van der Waals surface area contributed by atoms with E-state index in [9.17, 15) is 18.0 Å². The molecule has 2 amide bonds. The molecule has 0 aliphatic carbocycles. The van der Waals surface area contributed by atoms with Crippen molar-refractivity contribution in [3.63, 3.8) is 0 Å². The smallest absolute Gasteiger partial charge is 0.244 e. The van der Waals surface area contributed by atoms with Crippen molar-refractivity contribution in [1.82, 2.24) is 10.2 Å². The summed E-state index contributed by atoms with van der Waals surface area (Å²) in [5.74, 6) is -0.584. The normalized spacial score (nSPS) is 12.3. The lowest BCUT2D eigenvalue weighted by Crippen LogP contribution is -2.51. The van der Waals surface area contributed by atoms with Crippen molar-refractivity contribution in [3.8, 4) is 0 Å². The van der Waals surface area contributed by atoms with Crippen LogP contribution in [0.3, 0.4) is 0 Å². The number of amides is 2. The maximum Gasteiger partial charge on any atom is 0.244 e. The molecule has 0 fully saturated rings. The first-order valence-corrected chi connectivity index (χ1v) is 13.5. The summed E-state index contributed by atoms with van der Waals surface area (Å²) in [7, 11) is -3.82. The summed E-state index contributed by atoms with van der Waals surface area (Å²) in [6.07, 6.45) is 1.01. The van der Waals surface area contributed by atoms with Gasteiger partial charge < -0.3 is 10.2 Å². The number of hydrogen-bond donors (Lipinski definition) is 1. The van der Waals surface area contributed by atoms with Crippen molar-refractivity contribution >= 4 is 55.1 Å². The minimum absolute atomic E-state index is 0.134. The summed E-state index contributed by atoms with van der Waals surface area (Å²) >= 11 is 9.63. The Morgan fingerprint density at radius 2 is 1.76 bits per heavy atom. The molecule has 7 nitrogen and oxygen atoms in total. The fourth-order valence-electron chi connectivity index (χ4n) is 3.12. The molecule has 10 heteroatoms. The van der Waals surface area contributed by atoms with Gasteiger partial charge in [0.25, 0.3) is 0 Å². The molecule has 33 heavy (non-hydrogen) atoms. The van der Waals surface area contributed by atoms with E-state index >= 15 is 0 Å². The zero-order chi connectivity index (χ0) is 24.8. The second kappa shape index (κ2) is 11.9. The lowest BCUT2D eigenvalue weighted by molar-refractivity contribution is -0.139. The molecule has 0 spiro atoms. The summed E-state index contributed by atoms with van der Waals surface area (Å²) in [6.45, 7) is 5.70. The van der Waals surface area contributed by atoms with E-state index in [0.717, 1.165) is 20.6 Å². The Labute approximate surface area is 209 Å². The highest BCUT2D eigenvalue weighted by atomic mass is 79.9.